The summed E-state index contributed by atoms with van der Waals surface area (Å²) in [7, 11) is 0. The number of halogens is 1. The number of fused-ring (bicyclic) bond motifs is 5. The molecule has 0 unspecified atom stereocenters. The van der Waals surface area contributed by atoms with Crippen LogP contribution in [0.2, 0.25) is 0 Å². The Bertz CT molecular complexity index is 1010. The average molecular weight is 406 g/mol. The summed E-state index contributed by atoms with van der Waals surface area (Å²) in [6, 6.07) is 12.5. The highest BCUT2D eigenvalue weighted by molar-refractivity contribution is 6.10. The maximum absolute atomic E-state index is 13.4. The van der Waals surface area contributed by atoms with Crippen molar-refractivity contribution in [3.63, 3.8) is 0 Å². The van der Waals surface area contributed by atoms with Crippen LogP contribution >= 0.6 is 0 Å². The molecular formula is C24H23FN2O3. The summed E-state index contributed by atoms with van der Waals surface area (Å²) >= 11 is 0. The number of rotatable bonds is 4. The molecule has 154 valence electrons. The Kier molecular flexibility index (Phi) is 4.45. The van der Waals surface area contributed by atoms with Crippen LogP contribution < -0.4 is 5.32 Å². The van der Waals surface area contributed by atoms with Crippen LogP contribution in [0.3, 0.4) is 0 Å². The van der Waals surface area contributed by atoms with Crippen molar-refractivity contribution in [3.05, 3.63) is 54.3 Å². The molecule has 1 saturated heterocycles. The van der Waals surface area contributed by atoms with Crippen molar-refractivity contribution in [3.8, 4) is 11.1 Å². The van der Waals surface area contributed by atoms with Crippen LogP contribution in [-0.4, -0.2) is 28.7 Å². The first kappa shape index (κ1) is 19.0. The van der Waals surface area contributed by atoms with Crippen LogP contribution in [-0.2, 0) is 14.4 Å². The van der Waals surface area contributed by atoms with Gasteiger partial charge in [-0.25, -0.2) is 4.39 Å². The maximum Gasteiger partial charge on any atom is 0.247 e. The van der Waals surface area contributed by atoms with Crippen molar-refractivity contribution >= 4 is 23.4 Å². The van der Waals surface area contributed by atoms with Crippen LogP contribution in [0.5, 0.6) is 0 Å². The monoisotopic (exact) mass is 406 g/mol. The van der Waals surface area contributed by atoms with Gasteiger partial charge in [0.05, 0.1) is 11.8 Å². The summed E-state index contributed by atoms with van der Waals surface area (Å²) in [5.41, 5.74) is 2.13. The summed E-state index contributed by atoms with van der Waals surface area (Å²) in [4.78, 5) is 39.8. The molecule has 2 aromatic rings. The van der Waals surface area contributed by atoms with E-state index in [-0.39, 0.29) is 35.4 Å². The minimum Gasteiger partial charge on any atom is -0.324 e. The summed E-state index contributed by atoms with van der Waals surface area (Å²) in [5.74, 6) is -0.907. The van der Waals surface area contributed by atoms with Gasteiger partial charge in [0.1, 0.15) is 11.9 Å². The number of imide groups is 1. The molecule has 1 heterocycles. The quantitative estimate of drug-likeness (QED) is 0.785. The Labute approximate surface area is 174 Å². The molecule has 30 heavy (non-hydrogen) atoms. The lowest BCUT2D eigenvalue weighted by molar-refractivity contribution is -0.146. The molecule has 0 aromatic heterocycles. The first-order valence-electron chi connectivity index (χ1n) is 10.5. The predicted molar refractivity (Wildman–Crippen MR) is 110 cm³/mol. The van der Waals surface area contributed by atoms with Crippen LogP contribution in [0.1, 0.15) is 26.2 Å². The Morgan fingerprint density at radius 3 is 2.23 bits per heavy atom. The van der Waals surface area contributed by atoms with E-state index in [1.807, 2.05) is 6.07 Å². The lowest BCUT2D eigenvalue weighted by atomic mass is 9.81. The number of carbonyl (C=O) groups is 3. The molecule has 1 N–H and O–H groups in total. The van der Waals surface area contributed by atoms with E-state index in [1.54, 1.807) is 37.3 Å². The van der Waals surface area contributed by atoms with Gasteiger partial charge < -0.3 is 5.32 Å². The number of benzene rings is 2. The van der Waals surface area contributed by atoms with E-state index in [0.29, 0.717) is 17.5 Å². The predicted octanol–water partition coefficient (Wildman–Crippen LogP) is 3.85. The minimum atomic E-state index is -0.849. The summed E-state index contributed by atoms with van der Waals surface area (Å²) < 4.78 is 13.4. The Hall–Kier alpha value is -3.02. The van der Waals surface area contributed by atoms with Crippen LogP contribution in [0, 0.1) is 29.5 Å². The topological polar surface area (TPSA) is 66.5 Å². The third kappa shape index (κ3) is 2.93. The molecule has 0 spiro atoms. The molecule has 5 rings (SSSR count). The molecule has 5 atom stereocenters. The zero-order chi connectivity index (χ0) is 21.0. The van der Waals surface area contributed by atoms with Gasteiger partial charge in [0.25, 0.3) is 0 Å². The Morgan fingerprint density at radius 2 is 1.63 bits per heavy atom. The zero-order valence-electron chi connectivity index (χ0n) is 16.7. The number of nitrogens with zero attached hydrogens (tertiary/aromatic N) is 1. The third-order valence-corrected chi connectivity index (χ3v) is 7.04. The normalized spacial score (nSPS) is 28.0. The van der Waals surface area contributed by atoms with E-state index in [2.05, 4.69) is 5.32 Å². The highest BCUT2D eigenvalue weighted by Crippen LogP contribution is 2.56. The molecule has 3 fully saturated rings. The fraction of sp³-hybridized carbons (Fsp3) is 0.375. The molecule has 6 heteroatoms. The van der Waals surface area contributed by atoms with Gasteiger partial charge in [-0.15, -0.1) is 0 Å². The van der Waals surface area contributed by atoms with Crippen molar-refractivity contribution in [2.75, 3.05) is 5.32 Å². The Morgan fingerprint density at radius 1 is 1.00 bits per heavy atom. The lowest BCUT2D eigenvalue weighted by Gasteiger charge is -2.23. The van der Waals surface area contributed by atoms with Crippen LogP contribution in [0.25, 0.3) is 11.1 Å². The van der Waals surface area contributed by atoms with E-state index in [9.17, 15) is 18.8 Å². The number of carbonyl (C=O) groups excluding carboxylic acids is 3. The third-order valence-electron chi connectivity index (χ3n) is 7.04. The van der Waals surface area contributed by atoms with Gasteiger partial charge in [0, 0.05) is 5.69 Å². The average Bonchev–Trinajstić information content (AvgIpc) is 3.42. The fourth-order valence-corrected chi connectivity index (χ4v) is 5.59. The molecule has 2 bridgehead atoms. The molecule has 2 saturated carbocycles. The number of hydrogen-bond acceptors (Lipinski definition) is 3. The second-order valence-corrected chi connectivity index (χ2v) is 8.68. The van der Waals surface area contributed by atoms with Crippen molar-refractivity contribution < 1.29 is 18.8 Å². The summed E-state index contributed by atoms with van der Waals surface area (Å²) in [6.07, 6.45) is 2.99. The van der Waals surface area contributed by atoms with Crippen molar-refractivity contribution in [2.45, 2.75) is 32.2 Å². The molecule has 5 nitrogen and oxygen atoms in total. The number of likely N-dealkylation sites (tertiary alicyclic amines) is 1. The van der Waals surface area contributed by atoms with E-state index in [0.717, 1.165) is 30.4 Å². The van der Waals surface area contributed by atoms with Gasteiger partial charge in [-0.1, -0.05) is 24.3 Å². The molecule has 3 aliphatic rings. The molecule has 2 aromatic carbocycles. The number of nitrogens with one attached hydrogen (secondary N) is 1. The zero-order valence-corrected chi connectivity index (χ0v) is 16.7. The molecule has 3 amide bonds. The first-order valence-corrected chi connectivity index (χ1v) is 10.5. The van der Waals surface area contributed by atoms with Crippen molar-refractivity contribution in [1.29, 1.82) is 0 Å². The SMILES string of the molecule is C[C@H](C(=O)Nc1ccc(-c2cccc(F)c2)cc1)N1C(=O)[C@@H]2[C@H]3CC[C@@H](C3)[C@@H]2C1=O. The standard InChI is InChI=1S/C24H23FN2O3/c1-13(27-23(29)20-16-5-6-17(11-16)21(20)24(27)30)22(28)26-19-9-7-14(8-10-19)15-3-2-4-18(25)12-15/h2-4,7-10,12-13,16-17,20-21H,5-6,11H2,1H3,(H,26,28)/t13-,16+,17+,20-,21+/m1/s1. The number of anilines is 1. The molecular weight excluding hydrogens is 383 g/mol. The van der Waals surface area contributed by atoms with E-state index in [1.165, 1.54) is 17.0 Å². The molecule has 1 aliphatic heterocycles. The van der Waals surface area contributed by atoms with Gasteiger partial charge in [-0.05, 0) is 73.4 Å². The minimum absolute atomic E-state index is 0.179. The van der Waals surface area contributed by atoms with Gasteiger partial charge >= 0.3 is 0 Å². The van der Waals surface area contributed by atoms with Crippen molar-refractivity contribution in [2.24, 2.45) is 23.7 Å². The summed E-state index contributed by atoms with van der Waals surface area (Å²) in [6.45, 7) is 1.61. The highest BCUT2D eigenvalue weighted by atomic mass is 19.1. The van der Waals surface area contributed by atoms with E-state index >= 15 is 0 Å². The Balaban J connectivity index is 1.29. The second kappa shape index (κ2) is 7.04. The first-order chi connectivity index (χ1) is 14.4. The number of hydrogen-bond donors (Lipinski definition) is 1. The maximum atomic E-state index is 13.4. The smallest absolute Gasteiger partial charge is 0.247 e. The van der Waals surface area contributed by atoms with Crippen LogP contribution in [0.4, 0.5) is 10.1 Å². The van der Waals surface area contributed by atoms with Gasteiger partial charge in [0.15, 0.2) is 0 Å². The fourth-order valence-electron chi connectivity index (χ4n) is 5.59. The van der Waals surface area contributed by atoms with E-state index in [4.69, 9.17) is 0 Å². The van der Waals surface area contributed by atoms with Gasteiger partial charge in [0.2, 0.25) is 17.7 Å². The van der Waals surface area contributed by atoms with Crippen molar-refractivity contribution in [1.82, 2.24) is 4.90 Å². The molecule has 2 aliphatic carbocycles. The largest absolute Gasteiger partial charge is 0.324 e. The van der Waals surface area contributed by atoms with Gasteiger partial charge in [-0.3, -0.25) is 19.3 Å². The lowest BCUT2D eigenvalue weighted by Crippen LogP contribution is -2.46. The summed E-state index contributed by atoms with van der Waals surface area (Å²) in [5, 5.41) is 2.79. The highest BCUT2D eigenvalue weighted by Gasteiger charge is 2.62. The van der Waals surface area contributed by atoms with Crippen LogP contribution in [0.15, 0.2) is 48.5 Å². The number of amides is 3. The van der Waals surface area contributed by atoms with Gasteiger partial charge in [-0.2, -0.15) is 0 Å². The second-order valence-electron chi connectivity index (χ2n) is 8.68. The molecule has 0 radical (unpaired) electrons. The van der Waals surface area contributed by atoms with E-state index < -0.39 is 6.04 Å².